The molecule has 0 aliphatic heterocycles. The Bertz CT molecular complexity index is 718. The first-order chi connectivity index (χ1) is 9.28. The molecule has 3 N–H and O–H groups in total. The normalized spacial score (nSPS) is 11.0. The highest BCUT2D eigenvalue weighted by Crippen LogP contribution is 2.20. The molecule has 4 nitrogen and oxygen atoms in total. The van der Waals surface area contributed by atoms with Gasteiger partial charge in [0.05, 0.1) is 11.7 Å². The molecule has 4 heteroatoms. The van der Waals surface area contributed by atoms with Gasteiger partial charge in [0.15, 0.2) is 0 Å². The lowest BCUT2D eigenvalue weighted by Gasteiger charge is -2.05. The zero-order chi connectivity index (χ0) is 13.2. The lowest BCUT2D eigenvalue weighted by atomic mass is 10.1. The van der Waals surface area contributed by atoms with Crippen LogP contribution >= 0.6 is 0 Å². The van der Waals surface area contributed by atoms with Crippen LogP contribution in [0.1, 0.15) is 17.0 Å². The molecule has 0 bridgehead atoms. The molecule has 0 fully saturated rings. The third-order valence-corrected chi connectivity index (χ3v) is 3.24. The van der Waals surface area contributed by atoms with E-state index in [-0.39, 0.29) is 0 Å². The van der Waals surface area contributed by atoms with Gasteiger partial charge in [0.25, 0.3) is 0 Å². The van der Waals surface area contributed by atoms with E-state index in [9.17, 15) is 5.11 Å². The quantitative estimate of drug-likeness (QED) is 0.751. The van der Waals surface area contributed by atoms with Crippen molar-refractivity contribution in [2.45, 2.75) is 13.0 Å². The maximum atomic E-state index is 9.83. The van der Waals surface area contributed by atoms with Crippen molar-refractivity contribution < 1.29 is 5.11 Å². The average molecular weight is 253 g/mol. The number of phenols is 1. The van der Waals surface area contributed by atoms with E-state index in [4.69, 9.17) is 5.73 Å². The summed E-state index contributed by atoms with van der Waals surface area (Å²) in [5.41, 5.74) is 8.62. The van der Waals surface area contributed by atoms with Gasteiger partial charge in [-0.05, 0) is 17.7 Å². The number of pyridine rings is 1. The van der Waals surface area contributed by atoms with Crippen molar-refractivity contribution in [1.29, 1.82) is 0 Å². The first-order valence-corrected chi connectivity index (χ1v) is 6.20. The monoisotopic (exact) mass is 253 g/mol. The van der Waals surface area contributed by atoms with Crippen molar-refractivity contribution >= 4 is 5.52 Å². The van der Waals surface area contributed by atoms with E-state index in [2.05, 4.69) is 4.98 Å². The number of benzene rings is 1. The number of hydrogen-bond acceptors (Lipinski definition) is 3. The first kappa shape index (κ1) is 11.7. The zero-order valence-electron chi connectivity index (χ0n) is 10.5. The van der Waals surface area contributed by atoms with Crippen LogP contribution in [0.25, 0.3) is 5.52 Å². The van der Waals surface area contributed by atoms with Gasteiger partial charge in [-0.3, -0.25) is 0 Å². The Morgan fingerprint density at radius 2 is 2.00 bits per heavy atom. The Morgan fingerprint density at radius 3 is 2.79 bits per heavy atom. The van der Waals surface area contributed by atoms with Crippen LogP contribution in [-0.4, -0.2) is 14.5 Å². The lowest BCUT2D eigenvalue weighted by molar-refractivity contribution is 0.469. The van der Waals surface area contributed by atoms with Crippen LogP contribution < -0.4 is 5.73 Å². The Balaban J connectivity index is 2.03. The molecule has 1 aromatic carbocycles. The number of rotatable bonds is 3. The summed E-state index contributed by atoms with van der Waals surface area (Å²) in [6.07, 6.45) is 4.42. The van der Waals surface area contributed by atoms with E-state index >= 15 is 0 Å². The summed E-state index contributed by atoms with van der Waals surface area (Å²) >= 11 is 0. The number of nitrogens with two attached hydrogens (primary N) is 1. The molecule has 3 rings (SSSR count). The van der Waals surface area contributed by atoms with Gasteiger partial charge in [-0.2, -0.15) is 0 Å². The van der Waals surface area contributed by atoms with Gasteiger partial charge in [-0.15, -0.1) is 0 Å². The van der Waals surface area contributed by atoms with Gasteiger partial charge in [0.2, 0.25) is 0 Å². The van der Waals surface area contributed by atoms with Crippen LogP contribution in [0.4, 0.5) is 0 Å². The van der Waals surface area contributed by atoms with E-state index in [1.807, 2.05) is 47.1 Å². The van der Waals surface area contributed by atoms with Crippen molar-refractivity contribution in [3.63, 3.8) is 0 Å². The van der Waals surface area contributed by atoms with Crippen LogP contribution in [0, 0.1) is 0 Å². The van der Waals surface area contributed by atoms with Crippen molar-refractivity contribution in [3.05, 3.63) is 65.7 Å². The van der Waals surface area contributed by atoms with Crippen LogP contribution in [0.3, 0.4) is 0 Å². The van der Waals surface area contributed by atoms with Crippen molar-refractivity contribution in [1.82, 2.24) is 9.38 Å². The molecule has 3 aromatic rings. The lowest BCUT2D eigenvalue weighted by Crippen LogP contribution is -2.01. The van der Waals surface area contributed by atoms with E-state index in [0.29, 0.717) is 18.7 Å². The minimum atomic E-state index is 0.300. The third-order valence-electron chi connectivity index (χ3n) is 3.24. The smallest absolute Gasteiger partial charge is 0.119 e. The number of fused-ring (bicyclic) bond motifs is 1. The summed E-state index contributed by atoms with van der Waals surface area (Å²) in [7, 11) is 0. The van der Waals surface area contributed by atoms with E-state index < -0.39 is 0 Å². The molecule has 19 heavy (non-hydrogen) atoms. The van der Waals surface area contributed by atoms with Crippen LogP contribution in [0.2, 0.25) is 0 Å². The van der Waals surface area contributed by atoms with Gasteiger partial charge in [-0.25, -0.2) is 4.98 Å². The van der Waals surface area contributed by atoms with Crippen molar-refractivity contribution in [2.75, 3.05) is 0 Å². The number of para-hydroxylation sites is 1. The number of aromatic nitrogens is 2. The van der Waals surface area contributed by atoms with Gasteiger partial charge in [0.1, 0.15) is 11.6 Å². The Hall–Kier alpha value is -2.33. The predicted molar refractivity (Wildman–Crippen MR) is 74.0 cm³/mol. The van der Waals surface area contributed by atoms with Gasteiger partial charge < -0.3 is 15.2 Å². The Morgan fingerprint density at radius 1 is 1.16 bits per heavy atom. The number of phenolic OH excluding ortho intramolecular Hbond substituents is 1. The van der Waals surface area contributed by atoms with Crippen LogP contribution in [0.5, 0.6) is 5.75 Å². The first-order valence-electron chi connectivity index (χ1n) is 6.20. The predicted octanol–water partition coefficient (Wildman–Crippen LogP) is 2.09. The standard InChI is InChI=1S/C15H15N3O/c16-8-11-5-6-13-9-17-15(18(13)10-11)7-12-3-1-2-4-14(12)19/h1-6,9-10,19H,7-8,16H2. The second-order valence-electron chi connectivity index (χ2n) is 4.52. The van der Waals surface area contributed by atoms with Crippen molar-refractivity contribution in [3.8, 4) is 5.75 Å². The molecule has 0 aliphatic carbocycles. The maximum Gasteiger partial charge on any atom is 0.119 e. The molecule has 2 heterocycles. The van der Waals surface area contributed by atoms with Crippen LogP contribution in [0.15, 0.2) is 48.8 Å². The summed E-state index contributed by atoms with van der Waals surface area (Å²) in [4.78, 5) is 4.42. The largest absolute Gasteiger partial charge is 0.508 e. The fourth-order valence-electron chi connectivity index (χ4n) is 2.17. The van der Waals surface area contributed by atoms with Gasteiger partial charge in [-0.1, -0.05) is 24.3 Å². The van der Waals surface area contributed by atoms with Crippen molar-refractivity contribution in [2.24, 2.45) is 5.73 Å². The SMILES string of the molecule is NCc1ccc2cnc(Cc3ccccc3O)n2c1. The highest BCUT2D eigenvalue weighted by atomic mass is 16.3. The number of imidazole rings is 1. The number of hydrogen-bond donors (Lipinski definition) is 2. The minimum Gasteiger partial charge on any atom is -0.508 e. The minimum absolute atomic E-state index is 0.300. The van der Waals surface area contributed by atoms with Gasteiger partial charge >= 0.3 is 0 Å². The highest BCUT2D eigenvalue weighted by molar-refractivity contribution is 5.48. The Labute approximate surface area is 111 Å². The summed E-state index contributed by atoms with van der Waals surface area (Å²) < 4.78 is 2.02. The molecule has 0 unspecified atom stereocenters. The van der Waals surface area contributed by atoms with E-state index in [1.165, 1.54) is 0 Å². The molecule has 0 spiro atoms. The molecule has 0 amide bonds. The molecular weight excluding hydrogens is 238 g/mol. The average Bonchev–Trinajstić information content (AvgIpc) is 2.84. The van der Waals surface area contributed by atoms with Gasteiger partial charge in [0, 0.05) is 24.7 Å². The zero-order valence-corrected chi connectivity index (χ0v) is 10.5. The summed E-state index contributed by atoms with van der Waals surface area (Å²) in [5.74, 6) is 1.20. The van der Waals surface area contributed by atoms with Crippen LogP contribution in [-0.2, 0) is 13.0 Å². The number of aromatic hydroxyl groups is 1. The molecular formula is C15H15N3O. The third kappa shape index (κ3) is 2.18. The number of nitrogens with zero attached hydrogens (tertiary/aromatic N) is 2. The molecule has 0 aliphatic rings. The molecule has 0 radical (unpaired) electrons. The Kier molecular flexibility index (Phi) is 2.93. The maximum absolute atomic E-state index is 9.83. The highest BCUT2D eigenvalue weighted by Gasteiger charge is 2.07. The topological polar surface area (TPSA) is 63.5 Å². The molecule has 0 saturated heterocycles. The fraction of sp³-hybridized carbons (Fsp3) is 0.133. The molecule has 0 atom stereocenters. The molecule has 2 aromatic heterocycles. The summed E-state index contributed by atoms with van der Waals surface area (Å²) in [6.45, 7) is 0.504. The fourth-order valence-corrected chi connectivity index (χ4v) is 2.17. The van der Waals surface area contributed by atoms with E-state index in [0.717, 1.165) is 22.5 Å². The molecule has 96 valence electrons. The summed E-state index contributed by atoms with van der Waals surface area (Å²) in [5, 5.41) is 9.83. The second kappa shape index (κ2) is 4.74. The second-order valence-corrected chi connectivity index (χ2v) is 4.52. The summed E-state index contributed by atoms with van der Waals surface area (Å²) in [6, 6.07) is 11.3. The molecule has 0 saturated carbocycles. The van der Waals surface area contributed by atoms with E-state index in [1.54, 1.807) is 6.07 Å².